The smallest absolute Gasteiger partial charge is 0.331 e. The summed E-state index contributed by atoms with van der Waals surface area (Å²) in [5.74, 6) is -1.99. The lowest BCUT2D eigenvalue weighted by molar-refractivity contribution is -0.139. The average molecular weight is 314 g/mol. The monoisotopic (exact) mass is 314 g/mol. The Hall–Kier alpha value is -2.38. The third kappa shape index (κ3) is 10.4. The Morgan fingerprint density at radius 2 is 1.68 bits per heavy atom. The molecule has 0 aromatic rings. The van der Waals surface area contributed by atoms with Crippen LogP contribution in [0.1, 0.15) is 20.3 Å². The van der Waals surface area contributed by atoms with Crippen molar-refractivity contribution in [2.24, 2.45) is 5.92 Å². The van der Waals surface area contributed by atoms with Crippen molar-refractivity contribution in [3.63, 3.8) is 0 Å². The van der Waals surface area contributed by atoms with Crippen LogP contribution in [0, 0.1) is 5.92 Å². The van der Waals surface area contributed by atoms with Gasteiger partial charge >= 0.3 is 11.9 Å². The molecule has 124 valence electrons. The van der Waals surface area contributed by atoms with Crippen molar-refractivity contribution in [3.8, 4) is 0 Å². The molecule has 0 aliphatic rings. The molecule has 0 fully saturated rings. The summed E-state index contributed by atoms with van der Waals surface area (Å²) >= 11 is 0. The fourth-order valence-electron chi connectivity index (χ4n) is 1.16. The van der Waals surface area contributed by atoms with Gasteiger partial charge in [-0.15, -0.1) is 0 Å². The Bertz CT molecular complexity index is 431. The van der Waals surface area contributed by atoms with Crippen molar-refractivity contribution in [1.82, 2.24) is 10.6 Å². The molecule has 0 aromatic carbocycles. The first kappa shape index (κ1) is 19.6. The van der Waals surface area contributed by atoms with Gasteiger partial charge in [0.2, 0.25) is 11.8 Å². The van der Waals surface area contributed by atoms with Crippen molar-refractivity contribution in [3.05, 3.63) is 12.2 Å². The summed E-state index contributed by atoms with van der Waals surface area (Å²) in [5.41, 5.74) is 0. The van der Waals surface area contributed by atoms with Crippen molar-refractivity contribution in [2.75, 3.05) is 26.8 Å². The van der Waals surface area contributed by atoms with Gasteiger partial charge in [0, 0.05) is 24.6 Å². The highest BCUT2D eigenvalue weighted by atomic mass is 16.5. The van der Waals surface area contributed by atoms with E-state index >= 15 is 0 Å². The van der Waals surface area contributed by atoms with E-state index in [2.05, 4.69) is 15.4 Å². The van der Waals surface area contributed by atoms with Crippen LogP contribution in [0.25, 0.3) is 0 Å². The van der Waals surface area contributed by atoms with E-state index in [1.54, 1.807) is 13.8 Å². The molecule has 0 bridgehead atoms. The zero-order chi connectivity index (χ0) is 17.0. The Kier molecular flexibility index (Phi) is 10.1. The lowest BCUT2D eigenvalue weighted by Gasteiger charge is -2.08. The summed E-state index contributed by atoms with van der Waals surface area (Å²) in [4.78, 5) is 44.5. The Balaban J connectivity index is 3.66. The summed E-state index contributed by atoms with van der Waals surface area (Å²) in [6, 6.07) is 0. The maximum absolute atomic E-state index is 11.4. The number of amides is 2. The molecule has 0 aromatic heterocycles. The van der Waals surface area contributed by atoms with Crippen LogP contribution in [-0.2, 0) is 28.7 Å². The number of rotatable bonds is 9. The van der Waals surface area contributed by atoms with Gasteiger partial charge in [-0.2, -0.15) is 0 Å². The second-order valence-corrected chi connectivity index (χ2v) is 4.60. The molecule has 8 nitrogen and oxygen atoms in total. The normalized spacial score (nSPS) is 10.4. The van der Waals surface area contributed by atoms with Crippen LogP contribution >= 0.6 is 0 Å². The van der Waals surface area contributed by atoms with Crippen LogP contribution < -0.4 is 10.6 Å². The van der Waals surface area contributed by atoms with Gasteiger partial charge < -0.3 is 20.1 Å². The van der Waals surface area contributed by atoms with Crippen molar-refractivity contribution in [2.45, 2.75) is 20.3 Å². The first-order valence-corrected chi connectivity index (χ1v) is 6.84. The van der Waals surface area contributed by atoms with Crippen molar-refractivity contribution >= 4 is 23.8 Å². The van der Waals surface area contributed by atoms with Gasteiger partial charge in [-0.25, -0.2) is 9.59 Å². The number of carbonyl (C=O) groups excluding carboxylic acids is 4. The molecule has 0 radical (unpaired) electrons. The van der Waals surface area contributed by atoms with Crippen LogP contribution in [0.3, 0.4) is 0 Å². The second kappa shape index (κ2) is 11.3. The first-order valence-electron chi connectivity index (χ1n) is 6.84. The minimum Gasteiger partial charge on any atom is -0.466 e. The number of methoxy groups -OCH3 is 1. The van der Waals surface area contributed by atoms with E-state index in [1.165, 1.54) is 7.11 Å². The van der Waals surface area contributed by atoms with E-state index in [0.717, 1.165) is 12.2 Å². The van der Waals surface area contributed by atoms with Crippen molar-refractivity contribution in [1.29, 1.82) is 0 Å². The molecule has 0 atom stereocenters. The van der Waals surface area contributed by atoms with Gasteiger partial charge in [-0.1, -0.05) is 13.8 Å². The molecule has 2 N–H and O–H groups in total. The summed E-state index contributed by atoms with van der Waals surface area (Å²) in [6.07, 6.45) is 2.34. The van der Waals surface area contributed by atoms with E-state index in [0.29, 0.717) is 13.0 Å². The highest BCUT2D eigenvalue weighted by molar-refractivity contribution is 5.91. The van der Waals surface area contributed by atoms with Gasteiger partial charge in [0.05, 0.1) is 20.3 Å². The van der Waals surface area contributed by atoms with Gasteiger partial charge in [0.25, 0.3) is 0 Å². The van der Waals surface area contributed by atoms with Crippen molar-refractivity contribution < 1.29 is 28.7 Å². The third-order valence-corrected chi connectivity index (χ3v) is 2.39. The van der Waals surface area contributed by atoms with Crippen LogP contribution in [0.5, 0.6) is 0 Å². The number of carbonyl (C=O) groups is 4. The molecular weight excluding hydrogens is 292 g/mol. The lowest BCUT2D eigenvalue weighted by atomic mass is 10.2. The zero-order valence-corrected chi connectivity index (χ0v) is 13.0. The predicted molar refractivity (Wildman–Crippen MR) is 77.6 cm³/mol. The quantitative estimate of drug-likeness (QED) is 0.338. The van der Waals surface area contributed by atoms with Gasteiger partial charge in [-0.05, 0) is 6.42 Å². The standard InChI is InChI=1S/C14H22N2O6/c1-10(2)14(20)16-9-11(17)15-7-4-8-22-13(19)6-5-12(18)21-3/h5-6,10H,4,7-9H2,1-3H3,(H,15,17)(H,16,20)/b6-5+. The highest BCUT2D eigenvalue weighted by Crippen LogP contribution is 1.89. The molecule has 0 aliphatic heterocycles. The molecule has 0 spiro atoms. The molecular formula is C14H22N2O6. The number of hydrogen-bond acceptors (Lipinski definition) is 6. The number of ether oxygens (including phenoxy) is 2. The molecule has 0 rings (SSSR count). The topological polar surface area (TPSA) is 111 Å². The molecule has 0 aliphatic carbocycles. The Morgan fingerprint density at radius 3 is 2.27 bits per heavy atom. The maximum atomic E-state index is 11.4. The van der Waals surface area contributed by atoms with Gasteiger partial charge in [-0.3, -0.25) is 9.59 Å². The summed E-state index contributed by atoms with van der Waals surface area (Å²) in [5, 5.41) is 5.06. The molecule has 2 amide bonds. The second-order valence-electron chi connectivity index (χ2n) is 4.60. The zero-order valence-electron chi connectivity index (χ0n) is 13.0. The van der Waals surface area contributed by atoms with E-state index in [1.807, 2.05) is 0 Å². The van der Waals surface area contributed by atoms with Crippen LogP contribution in [0.2, 0.25) is 0 Å². The Morgan fingerprint density at radius 1 is 1.05 bits per heavy atom. The van der Waals surface area contributed by atoms with Crippen LogP contribution in [-0.4, -0.2) is 50.6 Å². The molecule has 22 heavy (non-hydrogen) atoms. The number of hydrogen-bond donors (Lipinski definition) is 2. The fourth-order valence-corrected chi connectivity index (χ4v) is 1.16. The fraction of sp³-hybridized carbons (Fsp3) is 0.571. The SMILES string of the molecule is COC(=O)/C=C/C(=O)OCCCNC(=O)CNC(=O)C(C)C. The molecule has 0 saturated carbocycles. The van der Waals surface area contributed by atoms with Crippen LogP contribution in [0.4, 0.5) is 0 Å². The molecule has 0 heterocycles. The van der Waals surface area contributed by atoms with Gasteiger partial charge in [0.1, 0.15) is 0 Å². The largest absolute Gasteiger partial charge is 0.466 e. The minimum atomic E-state index is -0.666. The average Bonchev–Trinajstić information content (AvgIpc) is 2.49. The van der Waals surface area contributed by atoms with E-state index < -0.39 is 11.9 Å². The number of nitrogens with one attached hydrogen (secondary N) is 2. The first-order chi connectivity index (χ1) is 10.4. The molecule has 0 saturated heterocycles. The lowest BCUT2D eigenvalue weighted by Crippen LogP contribution is -2.39. The minimum absolute atomic E-state index is 0.0847. The Labute approximate surface area is 129 Å². The summed E-state index contributed by atoms with van der Waals surface area (Å²) in [6.45, 7) is 3.79. The van der Waals surface area contributed by atoms with Crippen LogP contribution in [0.15, 0.2) is 12.2 Å². The summed E-state index contributed by atoms with van der Waals surface area (Å²) in [7, 11) is 1.20. The summed E-state index contributed by atoms with van der Waals surface area (Å²) < 4.78 is 9.11. The van der Waals surface area contributed by atoms with E-state index in [-0.39, 0.29) is 30.9 Å². The highest BCUT2D eigenvalue weighted by Gasteiger charge is 2.08. The maximum Gasteiger partial charge on any atom is 0.331 e. The van der Waals surface area contributed by atoms with Gasteiger partial charge in [0.15, 0.2) is 0 Å². The number of esters is 2. The predicted octanol–water partition coefficient (Wildman–Crippen LogP) is -0.463. The molecule has 8 heteroatoms. The van der Waals surface area contributed by atoms with E-state index in [4.69, 9.17) is 4.74 Å². The third-order valence-electron chi connectivity index (χ3n) is 2.39. The molecule has 0 unspecified atom stereocenters. The van der Waals surface area contributed by atoms with E-state index in [9.17, 15) is 19.2 Å².